The van der Waals surface area contributed by atoms with Crippen molar-refractivity contribution in [3.63, 3.8) is 0 Å². The van der Waals surface area contributed by atoms with E-state index >= 15 is 0 Å². The molecule has 1 aromatic heterocycles. The molecule has 0 spiro atoms. The highest BCUT2D eigenvalue weighted by Gasteiger charge is 2.24. The van der Waals surface area contributed by atoms with Crippen molar-refractivity contribution in [3.05, 3.63) is 47.3 Å². The van der Waals surface area contributed by atoms with Gasteiger partial charge in [-0.1, -0.05) is 25.1 Å². The smallest absolute Gasteiger partial charge is 0.230 e. The SMILES string of the molecule is CC1CCc2nc(N3CCc4ccccc43)ncc2C1. The van der Waals surface area contributed by atoms with E-state index in [1.54, 1.807) is 0 Å². The summed E-state index contributed by atoms with van der Waals surface area (Å²) in [5.74, 6) is 1.65. The first kappa shape index (κ1) is 11.9. The molecule has 102 valence electrons. The number of aryl methyl sites for hydroxylation is 1. The second-order valence-corrected chi connectivity index (χ2v) is 6.02. The van der Waals surface area contributed by atoms with Gasteiger partial charge in [0.2, 0.25) is 5.95 Å². The lowest BCUT2D eigenvalue weighted by atomic mass is 9.89. The van der Waals surface area contributed by atoms with Crippen molar-refractivity contribution >= 4 is 11.6 Å². The van der Waals surface area contributed by atoms with Crippen LogP contribution in [0.2, 0.25) is 0 Å². The molecule has 2 aliphatic rings. The topological polar surface area (TPSA) is 29.0 Å². The molecule has 0 N–H and O–H groups in total. The fraction of sp³-hybridized carbons (Fsp3) is 0.412. The number of hydrogen-bond donors (Lipinski definition) is 0. The van der Waals surface area contributed by atoms with Crippen molar-refractivity contribution in [2.75, 3.05) is 11.4 Å². The molecular formula is C17H19N3. The Morgan fingerprint density at radius 2 is 2.05 bits per heavy atom. The maximum absolute atomic E-state index is 4.84. The number of rotatable bonds is 1. The zero-order valence-electron chi connectivity index (χ0n) is 11.8. The van der Waals surface area contributed by atoms with Gasteiger partial charge in [-0.15, -0.1) is 0 Å². The molecule has 0 saturated heterocycles. The molecule has 20 heavy (non-hydrogen) atoms. The van der Waals surface area contributed by atoms with Crippen LogP contribution in [0, 0.1) is 5.92 Å². The maximum atomic E-state index is 4.84. The third-order valence-corrected chi connectivity index (χ3v) is 4.51. The average Bonchev–Trinajstić information content (AvgIpc) is 2.91. The van der Waals surface area contributed by atoms with E-state index in [9.17, 15) is 0 Å². The van der Waals surface area contributed by atoms with E-state index in [1.807, 2.05) is 6.20 Å². The first-order chi connectivity index (χ1) is 9.81. The van der Waals surface area contributed by atoms with Crippen molar-refractivity contribution < 1.29 is 0 Å². The van der Waals surface area contributed by atoms with Crippen LogP contribution in [0.1, 0.15) is 30.2 Å². The molecule has 2 aromatic rings. The number of anilines is 2. The number of aromatic nitrogens is 2. The minimum Gasteiger partial charge on any atom is -0.310 e. The molecule has 3 heteroatoms. The summed E-state index contributed by atoms with van der Waals surface area (Å²) < 4.78 is 0. The van der Waals surface area contributed by atoms with E-state index in [0.29, 0.717) is 0 Å². The molecule has 0 saturated carbocycles. The van der Waals surface area contributed by atoms with Crippen molar-refractivity contribution in [2.45, 2.75) is 32.6 Å². The average molecular weight is 265 g/mol. The van der Waals surface area contributed by atoms with Crippen LogP contribution in [0.15, 0.2) is 30.5 Å². The number of nitrogens with zero attached hydrogens (tertiary/aromatic N) is 3. The third-order valence-electron chi connectivity index (χ3n) is 4.51. The van der Waals surface area contributed by atoms with Crippen molar-refractivity contribution in [3.8, 4) is 0 Å². The Bertz CT molecular complexity index is 650. The molecule has 2 heterocycles. The quantitative estimate of drug-likeness (QED) is 0.792. The van der Waals surface area contributed by atoms with Gasteiger partial charge in [0.05, 0.1) is 0 Å². The Labute approximate surface area is 119 Å². The highest BCUT2D eigenvalue weighted by Crippen LogP contribution is 2.33. The Morgan fingerprint density at radius 3 is 3.00 bits per heavy atom. The lowest BCUT2D eigenvalue weighted by Gasteiger charge is -2.23. The minimum atomic E-state index is 0.768. The molecular weight excluding hydrogens is 246 g/mol. The van der Waals surface area contributed by atoms with Crippen LogP contribution in [-0.4, -0.2) is 16.5 Å². The minimum absolute atomic E-state index is 0.768. The highest BCUT2D eigenvalue weighted by molar-refractivity contribution is 5.65. The van der Waals surface area contributed by atoms with Gasteiger partial charge < -0.3 is 4.90 Å². The molecule has 3 nitrogen and oxygen atoms in total. The summed E-state index contributed by atoms with van der Waals surface area (Å²) >= 11 is 0. The van der Waals surface area contributed by atoms with E-state index in [2.05, 4.69) is 41.1 Å². The second kappa shape index (κ2) is 4.58. The summed E-state index contributed by atoms with van der Waals surface area (Å²) in [7, 11) is 0. The van der Waals surface area contributed by atoms with Gasteiger partial charge in [0.15, 0.2) is 0 Å². The molecule has 1 atom stereocenters. The van der Waals surface area contributed by atoms with E-state index in [4.69, 9.17) is 4.98 Å². The van der Waals surface area contributed by atoms with Crippen LogP contribution >= 0.6 is 0 Å². The van der Waals surface area contributed by atoms with Crippen LogP contribution in [0.4, 0.5) is 11.6 Å². The van der Waals surface area contributed by atoms with Crippen LogP contribution < -0.4 is 4.90 Å². The van der Waals surface area contributed by atoms with Crippen LogP contribution in [0.5, 0.6) is 0 Å². The molecule has 0 bridgehead atoms. The van der Waals surface area contributed by atoms with Gasteiger partial charge in [-0.2, -0.15) is 0 Å². The summed E-state index contributed by atoms with van der Waals surface area (Å²) in [5.41, 5.74) is 5.29. The summed E-state index contributed by atoms with van der Waals surface area (Å²) in [6.45, 7) is 3.31. The molecule has 1 aromatic carbocycles. The molecule has 0 fully saturated rings. The van der Waals surface area contributed by atoms with Gasteiger partial charge in [-0.3, -0.25) is 0 Å². The fourth-order valence-electron chi connectivity index (χ4n) is 3.36. The Kier molecular flexibility index (Phi) is 2.72. The number of para-hydroxylation sites is 1. The Morgan fingerprint density at radius 1 is 1.15 bits per heavy atom. The second-order valence-electron chi connectivity index (χ2n) is 6.02. The molecule has 1 aliphatic heterocycles. The van der Waals surface area contributed by atoms with Crippen LogP contribution in [0.3, 0.4) is 0 Å². The molecule has 1 unspecified atom stereocenters. The van der Waals surface area contributed by atoms with Crippen molar-refractivity contribution in [1.29, 1.82) is 0 Å². The molecule has 0 radical (unpaired) electrons. The van der Waals surface area contributed by atoms with E-state index in [0.717, 1.165) is 37.7 Å². The lowest BCUT2D eigenvalue weighted by Crippen LogP contribution is -2.20. The summed E-state index contributed by atoms with van der Waals surface area (Å²) in [6.07, 6.45) is 6.62. The molecule has 0 amide bonds. The van der Waals surface area contributed by atoms with Gasteiger partial charge in [-0.25, -0.2) is 9.97 Å². The van der Waals surface area contributed by atoms with Gasteiger partial charge >= 0.3 is 0 Å². The number of fused-ring (bicyclic) bond motifs is 2. The number of benzene rings is 1. The van der Waals surface area contributed by atoms with Crippen LogP contribution in [0.25, 0.3) is 0 Å². The van der Waals surface area contributed by atoms with E-state index < -0.39 is 0 Å². The predicted molar refractivity (Wildman–Crippen MR) is 80.4 cm³/mol. The van der Waals surface area contributed by atoms with E-state index in [1.165, 1.54) is 28.9 Å². The van der Waals surface area contributed by atoms with Gasteiger partial charge in [-0.05, 0) is 48.8 Å². The normalized spacial score (nSPS) is 20.6. The first-order valence-electron chi connectivity index (χ1n) is 7.51. The summed E-state index contributed by atoms with van der Waals surface area (Å²) in [4.78, 5) is 11.7. The van der Waals surface area contributed by atoms with Gasteiger partial charge in [0, 0.05) is 24.1 Å². The number of hydrogen-bond acceptors (Lipinski definition) is 3. The highest BCUT2D eigenvalue weighted by atomic mass is 15.3. The monoisotopic (exact) mass is 265 g/mol. The van der Waals surface area contributed by atoms with Crippen molar-refractivity contribution in [2.24, 2.45) is 5.92 Å². The van der Waals surface area contributed by atoms with Gasteiger partial charge in [0.25, 0.3) is 0 Å². The fourth-order valence-corrected chi connectivity index (χ4v) is 3.36. The zero-order chi connectivity index (χ0) is 13.5. The summed E-state index contributed by atoms with van der Waals surface area (Å²) in [5, 5.41) is 0. The van der Waals surface area contributed by atoms with E-state index in [-0.39, 0.29) is 0 Å². The van der Waals surface area contributed by atoms with Crippen LogP contribution in [-0.2, 0) is 19.3 Å². The first-order valence-corrected chi connectivity index (χ1v) is 7.51. The van der Waals surface area contributed by atoms with Crippen molar-refractivity contribution in [1.82, 2.24) is 9.97 Å². The zero-order valence-corrected chi connectivity index (χ0v) is 11.8. The lowest BCUT2D eigenvalue weighted by molar-refractivity contribution is 0.492. The predicted octanol–water partition coefficient (Wildman–Crippen LogP) is 3.30. The third kappa shape index (κ3) is 1.89. The Hall–Kier alpha value is -1.90. The molecule has 1 aliphatic carbocycles. The Balaban J connectivity index is 1.71. The summed E-state index contributed by atoms with van der Waals surface area (Å²) in [6, 6.07) is 8.58. The van der Waals surface area contributed by atoms with Gasteiger partial charge in [0.1, 0.15) is 0 Å². The molecule has 4 rings (SSSR count). The standard InChI is InChI=1S/C17H19N3/c1-12-6-7-15-14(10-12)11-18-17(19-15)20-9-8-13-4-2-3-5-16(13)20/h2-5,11-12H,6-10H2,1H3. The largest absolute Gasteiger partial charge is 0.310 e. The maximum Gasteiger partial charge on any atom is 0.230 e.